The van der Waals surface area contributed by atoms with Crippen LogP contribution in [0.15, 0.2) is 28.0 Å². The lowest BCUT2D eigenvalue weighted by atomic mass is 10.4. The highest BCUT2D eigenvalue weighted by molar-refractivity contribution is 8.02. The molecule has 0 aromatic carbocycles. The predicted molar refractivity (Wildman–Crippen MR) is 51.4 cm³/mol. The second-order valence-corrected chi connectivity index (χ2v) is 3.51. The Morgan fingerprint density at radius 2 is 2.38 bits per heavy atom. The number of amidine groups is 1. The molecule has 2 aliphatic rings. The Bertz CT molecular complexity index is 322. The van der Waals surface area contributed by atoms with Crippen molar-refractivity contribution >= 4 is 17.6 Å². The molecular formula is C7H10N4OS. The Morgan fingerprint density at radius 1 is 1.62 bits per heavy atom. The van der Waals surface area contributed by atoms with E-state index in [1.807, 2.05) is 19.3 Å². The van der Waals surface area contributed by atoms with E-state index in [1.54, 1.807) is 23.0 Å². The number of hydrogen-bond donors (Lipinski definition) is 2. The minimum Gasteiger partial charge on any atom is -0.272 e. The quantitative estimate of drug-likeness (QED) is 0.655. The SMILES string of the molecule is CSC1=CC2=CN(O)NN2C(C)=N1. The van der Waals surface area contributed by atoms with Crippen molar-refractivity contribution < 1.29 is 5.21 Å². The highest BCUT2D eigenvalue weighted by Crippen LogP contribution is 2.25. The summed E-state index contributed by atoms with van der Waals surface area (Å²) in [4.78, 5) is 4.30. The van der Waals surface area contributed by atoms with Crippen LogP contribution in [-0.2, 0) is 0 Å². The molecule has 2 aliphatic heterocycles. The number of fused-ring (bicyclic) bond motifs is 1. The van der Waals surface area contributed by atoms with E-state index in [-0.39, 0.29) is 0 Å². The molecule has 6 heteroatoms. The molecule has 0 aromatic heterocycles. The molecular weight excluding hydrogens is 188 g/mol. The number of nitrogens with one attached hydrogen (secondary N) is 1. The Kier molecular flexibility index (Phi) is 2.03. The maximum atomic E-state index is 9.15. The molecule has 2 rings (SSSR count). The third kappa shape index (κ3) is 1.43. The number of nitrogens with zero attached hydrogens (tertiary/aromatic N) is 3. The van der Waals surface area contributed by atoms with Crippen molar-refractivity contribution in [1.29, 1.82) is 0 Å². The van der Waals surface area contributed by atoms with Crippen LogP contribution in [-0.4, -0.2) is 27.5 Å². The van der Waals surface area contributed by atoms with E-state index < -0.39 is 0 Å². The van der Waals surface area contributed by atoms with Crippen molar-refractivity contribution in [2.45, 2.75) is 6.92 Å². The van der Waals surface area contributed by atoms with Gasteiger partial charge in [-0.15, -0.1) is 17.3 Å². The number of thioether (sulfide) groups is 1. The van der Waals surface area contributed by atoms with E-state index in [2.05, 4.69) is 10.5 Å². The molecule has 2 heterocycles. The topological polar surface area (TPSA) is 51.1 Å². The van der Waals surface area contributed by atoms with Gasteiger partial charge < -0.3 is 0 Å². The van der Waals surface area contributed by atoms with Crippen molar-refractivity contribution in [3.05, 3.63) is 23.0 Å². The third-order valence-corrected chi connectivity index (χ3v) is 2.42. The van der Waals surface area contributed by atoms with Gasteiger partial charge in [-0.2, -0.15) is 5.17 Å². The minimum atomic E-state index is 0.814. The zero-order valence-electron chi connectivity index (χ0n) is 7.35. The van der Waals surface area contributed by atoms with Crippen LogP contribution in [0.5, 0.6) is 0 Å². The smallest absolute Gasteiger partial charge is 0.123 e. The summed E-state index contributed by atoms with van der Waals surface area (Å²) < 4.78 is 0. The van der Waals surface area contributed by atoms with Gasteiger partial charge in [0.2, 0.25) is 0 Å². The van der Waals surface area contributed by atoms with Crippen LogP contribution < -0.4 is 5.53 Å². The molecule has 0 amide bonds. The van der Waals surface area contributed by atoms with Crippen LogP contribution in [0, 0.1) is 0 Å². The van der Waals surface area contributed by atoms with Gasteiger partial charge in [0.25, 0.3) is 0 Å². The van der Waals surface area contributed by atoms with Gasteiger partial charge in [-0.1, -0.05) is 0 Å². The molecule has 0 aliphatic carbocycles. The second-order valence-electron chi connectivity index (χ2n) is 2.68. The molecule has 0 saturated heterocycles. The lowest BCUT2D eigenvalue weighted by Gasteiger charge is -2.23. The first-order valence-corrected chi connectivity index (χ1v) is 5.00. The summed E-state index contributed by atoms with van der Waals surface area (Å²) in [7, 11) is 0. The van der Waals surface area contributed by atoms with Gasteiger partial charge in [-0.25, -0.2) is 10.0 Å². The number of hydrogen-bond acceptors (Lipinski definition) is 6. The van der Waals surface area contributed by atoms with Crippen molar-refractivity contribution in [2.75, 3.05) is 6.26 Å². The first-order valence-electron chi connectivity index (χ1n) is 3.78. The van der Waals surface area contributed by atoms with Gasteiger partial charge in [0.05, 0.1) is 11.9 Å². The number of aliphatic imine (C=N–C) groups is 1. The van der Waals surface area contributed by atoms with Crippen LogP contribution in [0.1, 0.15) is 6.92 Å². The zero-order chi connectivity index (χ0) is 9.42. The van der Waals surface area contributed by atoms with Crippen molar-refractivity contribution in [2.24, 2.45) is 4.99 Å². The molecule has 0 radical (unpaired) electrons. The minimum absolute atomic E-state index is 0.814. The average molecular weight is 198 g/mol. The summed E-state index contributed by atoms with van der Waals surface area (Å²) in [5, 5.41) is 12.7. The van der Waals surface area contributed by atoms with Crippen LogP contribution in [0.2, 0.25) is 0 Å². The van der Waals surface area contributed by atoms with Gasteiger partial charge in [-0.05, 0) is 19.3 Å². The zero-order valence-corrected chi connectivity index (χ0v) is 8.17. The van der Waals surface area contributed by atoms with Crippen LogP contribution >= 0.6 is 11.8 Å². The molecule has 5 nitrogen and oxygen atoms in total. The first kappa shape index (κ1) is 8.61. The molecule has 0 spiro atoms. The van der Waals surface area contributed by atoms with Crippen molar-refractivity contribution in [3.63, 3.8) is 0 Å². The van der Waals surface area contributed by atoms with Crippen LogP contribution in [0.3, 0.4) is 0 Å². The fourth-order valence-electron chi connectivity index (χ4n) is 1.21. The highest BCUT2D eigenvalue weighted by Gasteiger charge is 2.23. The highest BCUT2D eigenvalue weighted by atomic mass is 32.2. The summed E-state index contributed by atoms with van der Waals surface area (Å²) in [6.07, 6.45) is 5.47. The summed E-state index contributed by atoms with van der Waals surface area (Å²) in [5.41, 5.74) is 3.58. The largest absolute Gasteiger partial charge is 0.272 e. The number of hydroxylamine groups is 1. The molecule has 0 fully saturated rings. The van der Waals surface area contributed by atoms with E-state index in [9.17, 15) is 0 Å². The Labute approximate surface area is 80.3 Å². The molecule has 0 unspecified atom stereocenters. The summed E-state index contributed by atoms with van der Waals surface area (Å²) in [6, 6.07) is 0. The monoisotopic (exact) mass is 198 g/mol. The van der Waals surface area contributed by atoms with Crippen LogP contribution in [0.25, 0.3) is 0 Å². The number of allylic oxidation sites excluding steroid dienone is 1. The van der Waals surface area contributed by atoms with Gasteiger partial charge in [0.15, 0.2) is 0 Å². The maximum absolute atomic E-state index is 9.15. The fourth-order valence-corrected chi connectivity index (χ4v) is 1.67. The number of hydrazine groups is 2. The van der Waals surface area contributed by atoms with Crippen LogP contribution in [0.4, 0.5) is 0 Å². The van der Waals surface area contributed by atoms with Crippen molar-refractivity contribution in [3.8, 4) is 0 Å². The fraction of sp³-hybridized carbons (Fsp3) is 0.286. The maximum Gasteiger partial charge on any atom is 0.123 e. The molecule has 0 saturated carbocycles. The van der Waals surface area contributed by atoms with E-state index in [4.69, 9.17) is 5.21 Å². The standard InChI is InChI=1S/C7H10N4OS/c1-5-8-7(13-2)3-6-4-10(12)9-11(5)6/h3-4,9,12H,1-2H3. The van der Waals surface area contributed by atoms with Gasteiger partial charge in [0.1, 0.15) is 10.9 Å². The van der Waals surface area contributed by atoms with E-state index >= 15 is 0 Å². The molecule has 70 valence electrons. The molecule has 13 heavy (non-hydrogen) atoms. The lowest BCUT2D eigenvalue weighted by Crippen LogP contribution is -2.42. The number of rotatable bonds is 1. The van der Waals surface area contributed by atoms with Crippen molar-refractivity contribution in [1.82, 2.24) is 15.7 Å². The predicted octanol–water partition coefficient (Wildman–Crippen LogP) is 0.891. The lowest BCUT2D eigenvalue weighted by molar-refractivity contribution is -0.107. The normalized spacial score (nSPS) is 21.0. The second kappa shape index (κ2) is 3.06. The molecule has 0 bridgehead atoms. The molecule has 0 aromatic rings. The van der Waals surface area contributed by atoms with E-state index in [0.29, 0.717) is 0 Å². The summed E-state index contributed by atoms with van der Waals surface area (Å²) in [5.74, 6) is 0.814. The van der Waals surface area contributed by atoms with Gasteiger partial charge in [-0.3, -0.25) is 5.21 Å². The summed E-state index contributed by atoms with van der Waals surface area (Å²) in [6.45, 7) is 1.88. The Morgan fingerprint density at radius 3 is 3.08 bits per heavy atom. The van der Waals surface area contributed by atoms with Gasteiger partial charge in [0, 0.05) is 0 Å². The first-order chi connectivity index (χ1) is 6.20. The third-order valence-electron chi connectivity index (χ3n) is 1.79. The van der Waals surface area contributed by atoms with Gasteiger partial charge >= 0.3 is 0 Å². The summed E-state index contributed by atoms with van der Waals surface area (Å²) >= 11 is 1.58. The van der Waals surface area contributed by atoms with E-state index in [0.717, 1.165) is 21.7 Å². The van der Waals surface area contributed by atoms with E-state index in [1.165, 1.54) is 0 Å². The Hall–Kier alpha value is -0.980. The average Bonchev–Trinajstić information content (AvgIpc) is 2.46. The molecule has 0 atom stereocenters. The molecule has 2 N–H and O–H groups in total. The Balaban J connectivity index is 2.33.